The van der Waals surface area contributed by atoms with Crippen molar-refractivity contribution >= 4 is 17.4 Å². The summed E-state index contributed by atoms with van der Waals surface area (Å²) in [5.41, 5.74) is -3.40. The van der Waals surface area contributed by atoms with Crippen LogP contribution in [0.3, 0.4) is 0 Å². The van der Waals surface area contributed by atoms with Crippen LogP contribution >= 0.6 is 11.6 Å². The molecule has 15 heteroatoms. The van der Waals surface area contributed by atoms with E-state index in [9.17, 15) is 28.7 Å². The molecule has 0 bridgehead atoms. The summed E-state index contributed by atoms with van der Waals surface area (Å²) in [6, 6.07) is 7.00. The quantitative estimate of drug-likeness (QED) is 0.356. The molecule has 1 saturated heterocycles. The van der Waals surface area contributed by atoms with Crippen LogP contribution in [-0.2, 0) is 12.1 Å². The highest BCUT2D eigenvalue weighted by atomic mass is 35.5. The smallest absolute Gasteiger partial charge is 0.339 e. The van der Waals surface area contributed by atoms with Crippen LogP contribution in [0.1, 0.15) is 5.82 Å². The highest BCUT2D eigenvalue weighted by Gasteiger charge is 2.47. The highest BCUT2D eigenvalue weighted by molar-refractivity contribution is 6.31. The molecule has 0 spiro atoms. The minimum Gasteiger partial charge on any atom is -0.445 e. The van der Waals surface area contributed by atoms with Crippen molar-refractivity contribution in [3.63, 3.8) is 0 Å². The topological polar surface area (TPSA) is 152 Å². The second-order valence-electron chi connectivity index (χ2n) is 8.42. The van der Waals surface area contributed by atoms with E-state index in [1.54, 1.807) is 6.07 Å². The average Bonchev–Trinajstić information content (AvgIpc) is 2.91. The van der Waals surface area contributed by atoms with Crippen molar-refractivity contribution in [3.8, 4) is 28.9 Å². The molecule has 39 heavy (non-hydrogen) atoms. The third kappa shape index (κ3) is 4.58. The molecule has 0 radical (unpaired) electrons. The molecule has 0 amide bonds. The molecule has 0 aliphatic carbocycles. The standard InChI is InChI=1S/C24H17ClF2N8O4/c25-15-8-14(2-3-16(15)27)19-20(33-11-24(38,12-33)22-30-5-1-6-31-22)34(7-4-28)23(37)35(21(19)36)17-9-29-10-18(32-17)39-13-26/h1-3,5-6,8-10,38H,7,11-13H2. The van der Waals surface area contributed by atoms with Gasteiger partial charge in [0.25, 0.3) is 5.56 Å². The molecule has 4 heterocycles. The number of ether oxygens (including phenoxy) is 1. The van der Waals surface area contributed by atoms with Gasteiger partial charge in [-0.3, -0.25) is 14.3 Å². The highest BCUT2D eigenvalue weighted by Crippen LogP contribution is 2.38. The van der Waals surface area contributed by atoms with E-state index in [1.165, 1.54) is 29.4 Å². The van der Waals surface area contributed by atoms with E-state index in [0.717, 1.165) is 23.0 Å². The largest absolute Gasteiger partial charge is 0.445 e. The number of aliphatic hydroxyl groups is 1. The SMILES string of the molecule is N#CCn1c(N2CC(O)(c3ncccn3)C2)c(-c2ccc(F)c(Cl)c2)c(=O)n(-c2cncc(OCF)n2)c1=O. The van der Waals surface area contributed by atoms with Gasteiger partial charge in [0.2, 0.25) is 12.7 Å². The maximum absolute atomic E-state index is 14.0. The number of halogens is 3. The molecule has 0 unspecified atom stereocenters. The van der Waals surface area contributed by atoms with Crippen LogP contribution in [0.2, 0.25) is 5.02 Å². The summed E-state index contributed by atoms with van der Waals surface area (Å²) in [6.07, 6.45) is 5.09. The zero-order chi connectivity index (χ0) is 27.7. The van der Waals surface area contributed by atoms with Crippen LogP contribution in [-0.4, -0.2) is 54.1 Å². The van der Waals surface area contributed by atoms with Crippen molar-refractivity contribution in [2.45, 2.75) is 12.1 Å². The lowest BCUT2D eigenvalue weighted by molar-refractivity contribution is -0.00193. The molecule has 1 aliphatic heterocycles. The summed E-state index contributed by atoms with van der Waals surface area (Å²) in [4.78, 5) is 45.1. The fourth-order valence-corrected chi connectivity index (χ4v) is 4.46. The zero-order valence-electron chi connectivity index (χ0n) is 19.8. The first-order chi connectivity index (χ1) is 18.8. The number of hydrogen-bond acceptors (Lipinski definition) is 10. The van der Waals surface area contributed by atoms with Gasteiger partial charge >= 0.3 is 5.69 Å². The first-order valence-corrected chi connectivity index (χ1v) is 11.6. The van der Waals surface area contributed by atoms with E-state index < -0.39 is 36.1 Å². The van der Waals surface area contributed by atoms with Gasteiger partial charge in [-0.15, -0.1) is 0 Å². The van der Waals surface area contributed by atoms with Gasteiger partial charge in [0.15, 0.2) is 17.2 Å². The molecule has 1 fully saturated rings. The number of aromatic nitrogens is 6. The Labute approximate surface area is 223 Å². The Kier molecular flexibility index (Phi) is 6.77. The molecule has 1 aromatic carbocycles. The monoisotopic (exact) mass is 554 g/mol. The van der Waals surface area contributed by atoms with E-state index in [1.807, 2.05) is 6.07 Å². The summed E-state index contributed by atoms with van der Waals surface area (Å²) in [5.74, 6) is -1.22. The second kappa shape index (κ2) is 10.2. The Hall–Kier alpha value is -4.74. The molecule has 0 saturated carbocycles. The van der Waals surface area contributed by atoms with Crippen LogP contribution in [0.5, 0.6) is 5.88 Å². The third-order valence-corrected chi connectivity index (χ3v) is 6.26. The van der Waals surface area contributed by atoms with Crippen molar-refractivity contribution in [1.82, 2.24) is 29.1 Å². The molecular weight excluding hydrogens is 538 g/mol. The Balaban J connectivity index is 1.76. The van der Waals surface area contributed by atoms with Crippen LogP contribution in [0.25, 0.3) is 16.9 Å². The van der Waals surface area contributed by atoms with E-state index >= 15 is 0 Å². The van der Waals surface area contributed by atoms with E-state index in [0.29, 0.717) is 4.57 Å². The van der Waals surface area contributed by atoms with Gasteiger partial charge in [0.05, 0.1) is 42.1 Å². The molecule has 1 N–H and O–H groups in total. The normalized spacial score (nSPS) is 14.0. The molecule has 5 rings (SSSR count). The van der Waals surface area contributed by atoms with Gasteiger partial charge in [-0.25, -0.2) is 28.1 Å². The van der Waals surface area contributed by atoms with Gasteiger partial charge in [-0.1, -0.05) is 17.7 Å². The van der Waals surface area contributed by atoms with Crippen molar-refractivity contribution < 1.29 is 18.6 Å². The molecule has 12 nitrogen and oxygen atoms in total. The van der Waals surface area contributed by atoms with Crippen molar-refractivity contribution in [2.24, 2.45) is 0 Å². The lowest BCUT2D eigenvalue weighted by Crippen LogP contribution is -2.62. The fourth-order valence-electron chi connectivity index (χ4n) is 4.28. The minimum atomic E-state index is -1.51. The number of nitrogens with zero attached hydrogens (tertiary/aromatic N) is 8. The Morgan fingerprint density at radius 1 is 1.21 bits per heavy atom. The number of anilines is 1. The van der Waals surface area contributed by atoms with Gasteiger partial charge in [-0.05, 0) is 23.8 Å². The van der Waals surface area contributed by atoms with Gasteiger partial charge < -0.3 is 14.7 Å². The Morgan fingerprint density at radius 3 is 2.62 bits per heavy atom. The van der Waals surface area contributed by atoms with Gasteiger partial charge in [-0.2, -0.15) is 10.2 Å². The van der Waals surface area contributed by atoms with E-state index in [-0.39, 0.29) is 52.6 Å². The molecule has 198 valence electrons. The van der Waals surface area contributed by atoms with Gasteiger partial charge in [0.1, 0.15) is 18.2 Å². The number of alkyl halides is 1. The van der Waals surface area contributed by atoms with Crippen molar-refractivity contribution in [3.05, 3.63) is 86.6 Å². The summed E-state index contributed by atoms with van der Waals surface area (Å²) < 4.78 is 33.1. The Bertz CT molecular complexity index is 1720. The summed E-state index contributed by atoms with van der Waals surface area (Å²) in [6.45, 7) is -2.01. The maximum atomic E-state index is 14.0. The zero-order valence-corrected chi connectivity index (χ0v) is 20.6. The third-order valence-electron chi connectivity index (χ3n) is 5.97. The molecular formula is C24H17ClF2N8O4. The minimum absolute atomic E-state index is 0.0183. The average molecular weight is 555 g/mol. The molecule has 4 aromatic rings. The van der Waals surface area contributed by atoms with Gasteiger partial charge in [0, 0.05) is 12.4 Å². The number of β-amino-alcohol motifs (C(OH)–C–C–N with tert-alkyl or cyclic N) is 1. The second-order valence-corrected chi connectivity index (χ2v) is 8.83. The van der Waals surface area contributed by atoms with Crippen molar-refractivity contribution in [1.29, 1.82) is 5.26 Å². The van der Waals surface area contributed by atoms with E-state index in [4.69, 9.17) is 16.3 Å². The van der Waals surface area contributed by atoms with Crippen molar-refractivity contribution in [2.75, 3.05) is 24.9 Å². The predicted octanol–water partition coefficient (Wildman–Crippen LogP) is 1.58. The fraction of sp³-hybridized carbons (Fsp3) is 0.208. The summed E-state index contributed by atoms with van der Waals surface area (Å²) in [7, 11) is 0. The molecule has 1 aliphatic rings. The first-order valence-electron chi connectivity index (χ1n) is 11.3. The lowest BCUT2D eigenvalue weighted by Gasteiger charge is -2.47. The van der Waals surface area contributed by atoms with Crippen LogP contribution < -0.4 is 20.9 Å². The molecule has 3 aromatic heterocycles. The molecule has 0 atom stereocenters. The predicted molar refractivity (Wildman–Crippen MR) is 133 cm³/mol. The van der Waals surface area contributed by atoms with Crippen LogP contribution in [0, 0.1) is 17.1 Å². The number of rotatable bonds is 7. The first kappa shape index (κ1) is 25.9. The number of hydrogen-bond donors (Lipinski definition) is 1. The van der Waals surface area contributed by atoms with Crippen LogP contribution in [0.4, 0.5) is 14.6 Å². The maximum Gasteiger partial charge on any atom is 0.339 e. The van der Waals surface area contributed by atoms with Crippen LogP contribution in [0.15, 0.2) is 58.6 Å². The summed E-state index contributed by atoms with van der Waals surface area (Å²) >= 11 is 6.02. The summed E-state index contributed by atoms with van der Waals surface area (Å²) in [5, 5.41) is 20.4. The Morgan fingerprint density at radius 2 is 1.95 bits per heavy atom. The lowest BCUT2D eigenvalue weighted by atomic mass is 9.92. The number of benzene rings is 1. The number of nitriles is 1. The van der Waals surface area contributed by atoms with E-state index in [2.05, 4.69) is 19.9 Å².